The van der Waals surface area contributed by atoms with E-state index >= 15 is 0 Å². The Morgan fingerprint density at radius 2 is 1.40 bits per heavy atom. The maximum atomic E-state index is 11.7. The van der Waals surface area contributed by atoms with Crippen LogP contribution in [0.15, 0.2) is 0 Å². The number of carbonyl (C=O) groups is 2. The summed E-state index contributed by atoms with van der Waals surface area (Å²) in [4.78, 5) is 33.6. The van der Waals surface area contributed by atoms with Gasteiger partial charge < -0.3 is 18.9 Å². The van der Waals surface area contributed by atoms with Crippen LogP contribution in [0, 0.1) is 10.1 Å². The van der Waals surface area contributed by atoms with Crippen molar-refractivity contribution in [3.63, 3.8) is 0 Å². The Morgan fingerprint density at radius 1 is 0.900 bits per heavy atom. The molecule has 2 rings (SSSR count). The summed E-state index contributed by atoms with van der Waals surface area (Å²) >= 11 is 0. The standard InChI is InChI=1S/C11H9NO8/c1-17-7-5-4(10(13)20-11(5)14)6(12(15)16)8(18-2)9(7)19-3/h1-3H3. The minimum atomic E-state index is -1.13. The van der Waals surface area contributed by atoms with Crippen LogP contribution in [-0.2, 0) is 4.74 Å². The summed E-state index contributed by atoms with van der Waals surface area (Å²) in [6.07, 6.45) is 0. The molecule has 1 heterocycles. The van der Waals surface area contributed by atoms with Crippen molar-refractivity contribution in [3.8, 4) is 17.2 Å². The van der Waals surface area contributed by atoms with Crippen molar-refractivity contribution >= 4 is 17.6 Å². The number of nitro groups is 1. The van der Waals surface area contributed by atoms with Crippen LogP contribution in [0.25, 0.3) is 0 Å². The van der Waals surface area contributed by atoms with Gasteiger partial charge in [-0.1, -0.05) is 0 Å². The number of fused-ring (bicyclic) bond motifs is 1. The van der Waals surface area contributed by atoms with Gasteiger partial charge in [0, 0.05) is 0 Å². The van der Waals surface area contributed by atoms with Gasteiger partial charge in [-0.3, -0.25) is 10.1 Å². The molecule has 0 atom stereocenters. The molecule has 106 valence electrons. The summed E-state index contributed by atoms with van der Waals surface area (Å²) in [5.74, 6) is -2.80. The van der Waals surface area contributed by atoms with E-state index in [0.717, 1.165) is 0 Å². The Morgan fingerprint density at radius 3 is 1.85 bits per heavy atom. The molecule has 1 aliphatic rings. The predicted molar refractivity (Wildman–Crippen MR) is 62.5 cm³/mol. The third-order valence-electron chi connectivity index (χ3n) is 2.73. The molecule has 0 aromatic heterocycles. The van der Waals surface area contributed by atoms with E-state index in [4.69, 9.17) is 14.2 Å². The van der Waals surface area contributed by atoms with Crippen molar-refractivity contribution in [2.24, 2.45) is 0 Å². The first-order valence-corrected chi connectivity index (χ1v) is 5.24. The Bertz CT molecular complexity index is 636. The van der Waals surface area contributed by atoms with Gasteiger partial charge in [0.15, 0.2) is 11.3 Å². The third kappa shape index (κ3) is 1.63. The van der Waals surface area contributed by atoms with E-state index in [0.29, 0.717) is 0 Å². The maximum absolute atomic E-state index is 11.7. The van der Waals surface area contributed by atoms with Crippen molar-refractivity contribution in [1.29, 1.82) is 0 Å². The van der Waals surface area contributed by atoms with Crippen LogP contribution in [0.5, 0.6) is 17.2 Å². The van der Waals surface area contributed by atoms with E-state index in [1.165, 1.54) is 21.3 Å². The fraction of sp³-hybridized carbons (Fsp3) is 0.273. The largest absolute Gasteiger partial charge is 0.492 e. The number of carbonyl (C=O) groups excluding carboxylic acids is 2. The van der Waals surface area contributed by atoms with Gasteiger partial charge in [-0.25, -0.2) is 9.59 Å². The Kier molecular flexibility index (Phi) is 3.18. The van der Waals surface area contributed by atoms with Crippen LogP contribution >= 0.6 is 0 Å². The number of hydrogen-bond acceptors (Lipinski definition) is 8. The molecule has 20 heavy (non-hydrogen) atoms. The fourth-order valence-electron chi connectivity index (χ4n) is 1.99. The Labute approximate surface area is 112 Å². The third-order valence-corrected chi connectivity index (χ3v) is 2.73. The molecular weight excluding hydrogens is 274 g/mol. The van der Waals surface area contributed by atoms with Gasteiger partial charge in [-0.15, -0.1) is 0 Å². The topological polar surface area (TPSA) is 114 Å². The van der Waals surface area contributed by atoms with Crippen LogP contribution in [-0.4, -0.2) is 38.2 Å². The fourth-order valence-corrected chi connectivity index (χ4v) is 1.99. The maximum Gasteiger partial charge on any atom is 0.354 e. The van der Waals surface area contributed by atoms with Gasteiger partial charge in [-0.05, 0) is 0 Å². The molecule has 0 spiro atoms. The number of nitrogens with zero attached hydrogens (tertiary/aromatic N) is 1. The summed E-state index contributed by atoms with van der Waals surface area (Å²) in [5, 5.41) is 11.2. The lowest BCUT2D eigenvalue weighted by Crippen LogP contribution is -2.07. The first kappa shape index (κ1) is 13.6. The van der Waals surface area contributed by atoms with Gasteiger partial charge in [0.05, 0.1) is 26.3 Å². The van der Waals surface area contributed by atoms with Crippen molar-refractivity contribution in [1.82, 2.24) is 0 Å². The minimum absolute atomic E-state index is 0.152. The highest BCUT2D eigenvalue weighted by molar-refractivity contribution is 6.19. The lowest BCUT2D eigenvalue weighted by molar-refractivity contribution is -0.386. The zero-order valence-corrected chi connectivity index (χ0v) is 10.7. The van der Waals surface area contributed by atoms with E-state index < -0.39 is 28.1 Å². The molecule has 1 aromatic rings. The number of ether oxygens (including phenoxy) is 4. The normalized spacial score (nSPS) is 12.8. The highest BCUT2D eigenvalue weighted by atomic mass is 16.6. The number of benzene rings is 1. The predicted octanol–water partition coefficient (Wildman–Crippen LogP) is 0.931. The first-order chi connectivity index (χ1) is 9.47. The second-order valence-electron chi connectivity index (χ2n) is 3.63. The second-order valence-corrected chi connectivity index (χ2v) is 3.63. The number of cyclic esters (lactones) is 2. The van der Waals surface area contributed by atoms with Gasteiger partial charge in [0.25, 0.3) is 0 Å². The van der Waals surface area contributed by atoms with Crippen LogP contribution < -0.4 is 14.2 Å². The lowest BCUT2D eigenvalue weighted by atomic mass is 10.0. The highest BCUT2D eigenvalue weighted by Gasteiger charge is 2.45. The SMILES string of the molecule is COc1c(OC)c2c(c([N+](=O)[O-])c1OC)C(=O)OC2=O. The van der Waals surface area contributed by atoms with Crippen molar-refractivity contribution < 1.29 is 33.5 Å². The molecule has 0 fully saturated rings. The zero-order chi connectivity index (χ0) is 15.0. The Balaban J connectivity index is 3.00. The number of hydrogen-bond donors (Lipinski definition) is 0. The molecule has 0 saturated carbocycles. The average Bonchev–Trinajstić information content (AvgIpc) is 2.70. The van der Waals surface area contributed by atoms with Crippen LogP contribution in [0.2, 0.25) is 0 Å². The highest BCUT2D eigenvalue weighted by Crippen LogP contribution is 2.51. The quantitative estimate of drug-likeness (QED) is 0.347. The van der Waals surface area contributed by atoms with Gasteiger partial charge >= 0.3 is 17.6 Å². The number of methoxy groups -OCH3 is 3. The van der Waals surface area contributed by atoms with Crippen LogP contribution in [0.3, 0.4) is 0 Å². The smallest absolute Gasteiger partial charge is 0.354 e. The lowest BCUT2D eigenvalue weighted by Gasteiger charge is -2.13. The summed E-state index contributed by atoms with van der Waals surface area (Å²) < 4.78 is 19.3. The van der Waals surface area contributed by atoms with Gasteiger partial charge in [-0.2, -0.15) is 0 Å². The summed E-state index contributed by atoms with van der Waals surface area (Å²) in [6, 6.07) is 0. The molecule has 0 N–H and O–H groups in total. The summed E-state index contributed by atoms with van der Waals surface area (Å²) in [6.45, 7) is 0. The number of esters is 2. The molecule has 0 bridgehead atoms. The van der Waals surface area contributed by atoms with Crippen molar-refractivity contribution in [2.75, 3.05) is 21.3 Å². The molecule has 1 aromatic carbocycles. The van der Waals surface area contributed by atoms with Gasteiger partial charge in [0.1, 0.15) is 5.56 Å². The monoisotopic (exact) mass is 283 g/mol. The number of nitro benzene ring substituents is 1. The minimum Gasteiger partial charge on any atom is -0.492 e. The van der Waals surface area contributed by atoms with E-state index in [9.17, 15) is 19.7 Å². The van der Waals surface area contributed by atoms with E-state index in [2.05, 4.69) is 4.74 Å². The Hall–Kier alpha value is -2.84. The van der Waals surface area contributed by atoms with Crippen molar-refractivity contribution in [2.45, 2.75) is 0 Å². The molecule has 0 saturated heterocycles. The first-order valence-electron chi connectivity index (χ1n) is 5.24. The second kappa shape index (κ2) is 4.68. The van der Waals surface area contributed by atoms with Crippen LogP contribution in [0.4, 0.5) is 5.69 Å². The summed E-state index contributed by atoms with van der Waals surface area (Å²) in [7, 11) is 3.61. The average molecular weight is 283 g/mol. The van der Waals surface area contributed by atoms with Crippen LogP contribution in [0.1, 0.15) is 20.7 Å². The molecule has 0 amide bonds. The zero-order valence-electron chi connectivity index (χ0n) is 10.7. The van der Waals surface area contributed by atoms with E-state index in [1.807, 2.05) is 0 Å². The summed E-state index contributed by atoms with van der Waals surface area (Å²) in [5.41, 5.74) is -1.55. The van der Waals surface area contributed by atoms with E-state index in [-0.39, 0.29) is 22.8 Å². The molecule has 0 radical (unpaired) electrons. The molecule has 0 unspecified atom stereocenters. The molecule has 9 heteroatoms. The van der Waals surface area contributed by atoms with Crippen molar-refractivity contribution in [3.05, 3.63) is 21.2 Å². The molecule has 9 nitrogen and oxygen atoms in total. The number of rotatable bonds is 4. The molecular formula is C11H9NO8. The molecule has 0 aliphatic carbocycles. The molecule has 1 aliphatic heterocycles. The van der Waals surface area contributed by atoms with Gasteiger partial charge in [0.2, 0.25) is 11.5 Å². The van der Waals surface area contributed by atoms with E-state index in [1.54, 1.807) is 0 Å².